The molecule has 4 heterocycles. The maximum Gasteiger partial charge on any atom is 0.410 e. The lowest BCUT2D eigenvalue weighted by atomic mass is 10.2. The summed E-state index contributed by atoms with van der Waals surface area (Å²) in [6.07, 6.45) is 5.60. The van der Waals surface area contributed by atoms with Gasteiger partial charge in [-0.25, -0.2) is 9.78 Å². The highest BCUT2D eigenvalue weighted by molar-refractivity contribution is 7.98. The van der Waals surface area contributed by atoms with Crippen LogP contribution in [-0.2, 0) is 4.74 Å². The molecular weight excluding hydrogens is 432 g/mol. The number of rotatable bonds is 3. The number of carbonyl (C=O) groups is 1. The van der Waals surface area contributed by atoms with Crippen LogP contribution < -0.4 is 4.90 Å². The van der Waals surface area contributed by atoms with E-state index in [1.54, 1.807) is 23.1 Å². The molecule has 1 aromatic carbocycles. The molecule has 0 spiro atoms. The topological polar surface area (TPSA) is 71.7 Å². The van der Waals surface area contributed by atoms with Gasteiger partial charge in [0.05, 0.1) is 17.6 Å². The van der Waals surface area contributed by atoms with Crippen molar-refractivity contribution in [2.45, 2.75) is 56.2 Å². The van der Waals surface area contributed by atoms with Gasteiger partial charge in [-0.3, -0.25) is 4.90 Å². The molecule has 5 rings (SSSR count). The smallest absolute Gasteiger partial charge is 0.410 e. The third-order valence-corrected chi connectivity index (χ3v) is 7.22. The normalized spacial score (nSPS) is 21.2. The molecule has 2 aromatic heterocycles. The first-order valence-electron chi connectivity index (χ1n) is 10.5. The molecule has 0 saturated carbocycles. The van der Waals surface area contributed by atoms with Crippen molar-refractivity contribution >= 4 is 46.3 Å². The summed E-state index contributed by atoms with van der Waals surface area (Å²) in [4.78, 5) is 27.3. The predicted molar refractivity (Wildman–Crippen MR) is 124 cm³/mol. The summed E-state index contributed by atoms with van der Waals surface area (Å²) >= 11 is 3.28. The average Bonchev–Trinajstić information content (AvgIpc) is 3.43. The zero-order valence-corrected chi connectivity index (χ0v) is 19.8. The van der Waals surface area contributed by atoms with Gasteiger partial charge < -0.3 is 14.1 Å². The highest BCUT2D eigenvalue weighted by atomic mass is 32.2. The number of ether oxygens (including phenoxy) is 1. The number of carbonyl (C=O) groups excluding carboxylic acids is 1. The molecule has 2 fully saturated rings. The van der Waals surface area contributed by atoms with Gasteiger partial charge >= 0.3 is 6.09 Å². The minimum absolute atomic E-state index is 0.115. The van der Waals surface area contributed by atoms with Gasteiger partial charge in [0.2, 0.25) is 0 Å². The Morgan fingerprint density at radius 3 is 2.61 bits per heavy atom. The van der Waals surface area contributed by atoms with E-state index in [-0.39, 0.29) is 18.2 Å². The van der Waals surface area contributed by atoms with Crippen molar-refractivity contribution in [3.8, 4) is 10.6 Å². The number of amides is 1. The monoisotopic (exact) mass is 458 g/mol. The Labute approximate surface area is 189 Å². The number of thiazole rings is 1. The van der Waals surface area contributed by atoms with Crippen molar-refractivity contribution in [2.24, 2.45) is 0 Å². The fourth-order valence-corrected chi connectivity index (χ4v) is 5.55. The number of nitrogens with zero attached hydrogens (tertiary/aromatic N) is 4. The first-order valence-corrected chi connectivity index (χ1v) is 12.6. The van der Waals surface area contributed by atoms with Crippen LogP contribution in [0.15, 0.2) is 33.0 Å². The third-order valence-electron chi connectivity index (χ3n) is 5.71. The average molecular weight is 459 g/mol. The second kappa shape index (κ2) is 7.70. The fourth-order valence-electron chi connectivity index (χ4n) is 4.44. The van der Waals surface area contributed by atoms with Crippen molar-refractivity contribution in [3.63, 3.8) is 0 Å². The molecule has 2 aliphatic rings. The Kier molecular flexibility index (Phi) is 5.13. The summed E-state index contributed by atoms with van der Waals surface area (Å²) in [5.41, 5.74) is 2.10. The molecule has 0 radical (unpaired) electrons. The van der Waals surface area contributed by atoms with E-state index in [0.717, 1.165) is 39.4 Å². The molecule has 9 heteroatoms. The van der Waals surface area contributed by atoms with Gasteiger partial charge in [0.15, 0.2) is 5.58 Å². The SMILES string of the molecule is CSc1cc(-c2nccs2)c2oc(N3CC4CCC(C3)N4C(=O)OC(C)(C)C)nc2c1. The van der Waals surface area contributed by atoms with Gasteiger partial charge in [0, 0.05) is 29.6 Å². The van der Waals surface area contributed by atoms with Gasteiger partial charge in [-0.1, -0.05) is 0 Å². The summed E-state index contributed by atoms with van der Waals surface area (Å²) < 4.78 is 12.0. The van der Waals surface area contributed by atoms with Crippen LogP contribution in [0.4, 0.5) is 10.8 Å². The standard InChI is InChI=1S/C22H26N4O3S2/c1-22(2,3)29-21(27)26-13-5-6-14(26)12-25(11-13)20-24-17-10-15(30-4)9-16(18(17)28-20)19-23-7-8-31-19/h7-10,13-14H,5-6,11-12H2,1-4H3. The lowest BCUT2D eigenvalue weighted by Gasteiger charge is -2.40. The summed E-state index contributed by atoms with van der Waals surface area (Å²) in [6.45, 7) is 7.12. The van der Waals surface area contributed by atoms with Gasteiger partial charge in [-0.05, 0) is 52.0 Å². The molecule has 2 unspecified atom stereocenters. The Morgan fingerprint density at radius 1 is 1.26 bits per heavy atom. The van der Waals surface area contributed by atoms with E-state index in [1.165, 1.54) is 0 Å². The number of oxazole rings is 1. The molecule has 164 valence electrons. The van der Waals surface area contributed by atoms with Crippen LogP contribution >= 0.6 is 23.1 Å². The quantitative estimate of drug-likeness (QED) is 0.496. The van der Waals surface area contributed by atoms with Crippen LogP contribution in [0.5, 0.6) is 0 Å². The maximum absolute atomic E-state index is 12.7. The zero-order valence-electron chi connectivity index (χ0n) is 18.1. The molecule has 2 saturated heterocycles. The Morgan fingerprint density at radius 2 is 2.00 bits per heavy atom. The summed E-state index contributed by atoms with van der Waals surface area (Å²) in [6, 6.07) is 5.03. The third kappa shape index (κ3) is 3.89. The second-order valence-corrected chi connectivity index (χ2v) is 10.8. The summed E-state index contributed by atoms with van der Waals surface area (Å²) in [5, 5.41) is 2.90. The van der Waals surface area contributed by atoms with Gasteiger partial charge in [0.1, 0.15) is 16.1 Å². The molecular formula is C22H26N4O3S2. The van der Waals surface area contributed by atoms with Crippen LogP contribution in [0, 0.1) is 0 Å². The number of hydrogen-bond acceptors (Lipinski definition) is 8. The number of anilines is 1. The van der Waals surface area contributed by atoms with Gasteiger partial charge in [0.25, 0.3) is 6.01 Å². The van der Waals surface area contributed by atoms with Crippen molar-refractivity contribution in [3.05, 3.63) is 23.7 Å². The molecule has 2 aliphatic heterocycles. The number of thioether (sulfide) groups is 1. The van der Waals surface area contributed by atoms with Crippen LogP contribution in [0.25, 0.3) is 21.7 Å². The number of hydrogen-bond donors (Lipinski definition) is 0. The van der Waals surface area contributed by atoms with Crippen LogP contribution in [0.3, 0.4) is 0 Å². The van der Waals surface area contributed by atoms with E-state index in [1.807, 2.05) is 37.2 Å². The van der Waals surface area contributed by atoms with Crippen LogP contribution in [0.2, 0.25) is 0 Å². The Balaban J connectivity index is 1.44. The molecule has 1 amide bonds. The minimum Gasteiger partial charge on any atom is -0.444 e. The maximum atomic E-state index is 12.7. The zero-order chi connectivity index (χ0) is 21.8. The lowest BCUT2D eigenvalue weighted by molar-refractivity contribution is 0.0120. The number of fused-ring (bicyclic) bond motifs is 3. The van der Waals surface area contributed by atoms with Gasteiger partial charge in [-0.2, -0.15) is 4.98 Å². The molecule has 2 bridgehead atoms. The first-order chi connectivity index (χ1) is 14.8. The molecule has 3 aromatic rings. The number of piperazine rings is 1. The Bertz CT molecular complexity index is 1090. The van der Waals surface area contributed by atoms with Crippen LogP contribution in [-0.4, -0.2) is 58.0 Å². The number of benzene rings is 1. The fraction of sp³-hybridized carbons (Fsp3) is 0.500. The summed E-state index contributed by atoms with van der Waals surface area (Å²) in [5.74, 6) is 0. The van der Waals surface area contributed by atoms with E-state index in [2.05, 4.69) is 28.3 Å². The highest BCUT2D eigenvalue weighted by Gasteiger charge is 2.45. The largest absolute Gasteiger partial charge is 0.444 e. The van der Waals surface area contributed by atoms with Crippen LogP contribution in [0.1, 0.15) is 33.6 Å². The van der Waals surface area contributed by atoms with E-state index >= 15 is 0 Å². The molecule has 2 atom stereocenters. The Hall–Kier alpha value is -2.26. The molecule has 31 heavy (non-hydrogen) atoms. The van der Waals surface area contributed by atoms with E-state index in [9.17, 15) is 4.79 Å². The second-order valence-electron chi connectivity index (χ2n) is 9.03. The van der Waals surface area contributed by atoms with Crippen molar-refractivity contribution < 1.29 is 13.9 Å². The van der Waals surface area contributed by atoms with E-state index in [0.29, 0.717) is 19.1 Å². The highest BCUT2D eigenvalue weighted by Crippen LogP contribution is 2.38. The minimum atomic E-state index is -0.491. The molecule has 0 N–H and O–H groups in total. The lowest BCUT2D eigenvalue weighted by Crippen LogP contribution is -2.56. The van der Waals surface area contributed by atoms with Crippen molar-refractivity contribution in [2.75, 3.05) is 24.2 Å². The summed E-state index contributed by atoms with van der Waals surface area (Å²) in [7, 11) is 0. The van der Waals surface area contributed by atoms with Crippen molar-refractivity contribution in [1.29, 1.82) is 0 Å². The van der Waals surface area contributed by atoms with Gasteiger partial charge in [-0.15, -0.1) is 23.1 Å². The first kappa shape index (κ1) is 20.6. The van der Waals surface area contributed by atoms with E-state index in [4.69, 9.17) is 14.1 Å². The predicted octanol–water partition coefficient (Wildman–Crippen LogP) is 5.26. The molecule has 7 nitrogen and oxygen atoms in total. The van der Waals surface area contributed by atoms with Crippen molar-refractivity contribution in [1.82, 2.24) is 14.9 Å². The van der Waals surface area contributed by atoms with E-state index < -0.39 is 5.60 Å². The number of aromatic nitrogens is 2. The molecule has 0 aliphatic carbocycles.